The summed E-state index contributed by atoms with van der Waals surface area (Å²) in [7, 11) is 0. The standard InChI is InChI=1S/C5H8N3O/c1-5(2,9)4-3-6-8-7-4/h9H,1-2H3,(H,6,7,8). The first kappa shape index (κ1) is 6.22. The van der Waals surface area contributed by atoms with E-state index >= 15 is 0 Å². The Balaban J connectivity index is 2.90. The van der Waals surface area contributed by atoms with Crippen LogP contribution in [-0.2, 0) is 5.60 Å². The number of nitrogens with zero attached hydrogens (tertiary/aromatic N) is 2. The molecule has 9 heavy (non-hydrogen) atoms. The molecule has 0 atom stereocenters. The Labute approximate surface area is 52.9 Å². The van der Waals surface area contributed by atoms with Crippen LogP contribution in [0.2, 0.25) is 0 Å². The van der Waals surface area contributed by atoms with Crippen LogP contribution in [0.15, 0.2) is 0 Å². The summed E-state index contributed by atoms with van der Waals surface area (Å²) in [4.78, 5) is 0. The van der Waals surface area contributed by atoms with Gasteiger partial charge in [0.15, 0.2) is 0 Å². The number of hydrogen-bond donors (Lipinski definition) is 2. The van der Waals surface area contributed by atoms with Gasteiger partial charge >= 0.3 is 0 Å². The van der Waals surface area contributed by atoms with Gasteiger partial charge in [0.2, 0.25) is 0 Å². The molecule has 1 aromatic heterocycles. The van der Waals surface area contributed by atoms with E-state index in [4.69, 9.17) is 0 Å². The third-order valence-corrected chi connectivity index (χ3v) is 0.954. The van der Waals surface area contributed by atoms with Gasteiger partial charge < -0.3 is 5.11 Å². The van der Waals surface area contributed by atoms with Crippen LogP contribution in [0.1, 0.15) is 19.5 Å². The molecule has 0 fully saturated rings. The SMILES string of the molecule is CC(C)(O)c1[c][nH]nn1. The lowest BCUT2D eigenvalue weighted by Crippen LogP contribution is -2.15. The van der Waals surface area contributed by atoms with Crippen LogP contribution in [0.4, 0.5) is 0 Å². The molecule has 0 unspecified atom stereocenters. The van der Waals surface area contributed by atoms with Crippen molar-refractivity contribution in [1.82, 2.24) is 15.4 Å². The van der Waals surface area contributed by atoms with Crippen molar-refractivity contribution in [2.24, 2.45) is 0 Å². The minimum absolute atomic E-state index is 0.433. The maximum Gasteiger partial charge on any atom is 0.123 e. The molecular formula is C5H8N3O. The topological polar surface area (TPSA) is 61.8 Å². The number of nitrogens with one attached hydrogen (secondary N) is 1. The molecule has 2 N–H and O–H groups in total. The average Bonchev–Trinajstić information content (AvgIpc) is 2.08. The van der Waals surface area contributed by atoms with Crippen LogP contribution in [0.25, 0.3) is 0 Å². The maximum atomic E-state index is 9.22. The van der Waals surface area contributed by atoms with Crippen molar-refractivity contribution in [3.8, 4) is 0 Å². The lowest BCUT2D eigenvalue weighted by atomic mass is 10.1. The molecule has 0 spiro atoms. The number of hydrogen-bond acceptors (Lipinski definition) is 3. The predicted octanol–water partition coefficient (Wildman–Crippen LogP) is -0.168. The first-order valence-corrected chi connectivity index (χ1v) is 2.62. The molecule has 4 nitrogen and oxygen atoms in total. The summed E-state index contributed by atoms with van der Waals surface area (Å²) < 4.78 is 0. The Bertz CT molecular complexity index is 175. The highest BCUT2D eigenvalue weighted by atomic mass is 16.3. The summed E-state index contributed by atoms with van der Waals surface area (Å²) in [5.74, 6) is 0. The second kappa shape index (κ2) is 1.80. The highest BCUT2D eigenvalue weighted by Gasteiger charge is 2.18. The van der Waals surface area contributed by atoms with Gasteiger partial charge in [-0.2, -0.15) is 0 Å². The molecule has 0 aliphatic rings. The maximum absolute atomic E-state index is 9.22. The normalized spacial score (nSPS) is 11.9. The van der Waals surface area contributed by atoms with E-state index in [9.17, 15) is 5.11 Å². The summed E-state index contributed by atoms with van der Waals surface area (Å²) in [5, 5.41) is 18.6. The van der Waals surface area contributed by atoms with Crippen molar-refractivity contribution in [3.63, 3.8) is 0 Å². The largest absolute Gasteiger partial charge is 0.384 e. The molecule has 0 bridgehead atoms. The van der Waals surface area contributed by atoms with Crippen LogP contribution in [-0.4, -0.2) is 20.5 Å². The second-order valence-corrected chi connectivity index (χ2v) is 2.34. The van der Waals surface area contributed by atoms with Crippen LogP contribution < -0.4 is 0 Å². The number of aliphatic hydroxyl groups is 1. The van der Waals surface area contributed by atoms with E-state index in [1.54, 1.807) is 13.8 Å². The van der Waals surface area contributed by atoms with E-state index in [0.29, 0.717) is 5.69 Å². The summed E-state index contributed by atoms with van der Waals surface area (Å²) in [6.45, 7) is 3.25. The molecule has 1 aromatic rings. The molecule has 1 heterocycles. The Morgan fingerprint density at radius 2 is 2.33 bits per heavy atom. The zero-order valence-electron chi connectivity index (χ0n) is 5.34. The molecule has 1 radical (unpaired) electrons. The van der Waals surface area contributed by atoms with E-state index in [-0.39, 0.29) is 0 Å². The first-order chi connectivity index (χ1) is 4.11. The molecule has 0 saturated heterocycles. The quantitative estimate of drug-likeness (QED) is 0.549. The molecule has 0 aliphatic heterocycles. The number of H-pyrrole nitrogens is 1. The van der Waals surface area contributed by atoms with Gasteiger partial charge in [-0.15, -0.1) is 5.10 Å². The van der Waals surface area contributed by atoms with Crippen molar-refractivity contribution < 1.29 is 5.11 Å². The van der Waals surface area contributed by atoms with E-state index in [0.717, 1.165) is 0 Å². The fraction of sp³-hybridized carbons (Fsp3) is 0.600. The lowest BCUT2D eigenvalue weighted by Gasteiger charge is -2.10. The van der Waals surface area contributed by atoms with Crippen LogP contribution in [0, 0.1) is 6.20 Å². The molecular weight excluding hydrogens is 118 g/mol. The van der Waals surface area contributed by atoms with Crippen LogP contribution >= 0.6 is 0 Å². The Morgan fingerprint density at radius 3 is 2.56 bits per heavy atom. The minimum Gasteiger partial charge on any atom is -0.384 e. The van der Waals surface area contributed by atoms with Gasteiger partial charge in [-0.05, 0) is 13.8 Å². The third kappa shape index (κ3) is 1.26. The first-order valence-electron chi connectivity index (χ1n) is 2.62. The third-order valence-electron chi connectivity index (χ3n) is 0.954. The Kier molecular flexibility index (Phi) is 1.25. The minimum atomic E-state index is -0.938. The Morgan fingerprint density at radius 1 is 1.67 bits per heavy atom. The van der Waals surface area contributed by atoms with Gasteiger partial charge in [0.05, 0.1) is 0 Å². The zero-order chi connectivity index (χ0) is 6.91. The monoisotopic (exact) mass is 126 g/mol. The lowest BCUT2D eigenvalue weighted by molar-refractivity contribution is 0.0735. The predicted molar refractivity (Wildman–Crippen MR) is 30.5 cm³/mol. The molecule has 0 aliphatic carbocycles. The van der Waals surface area contributed by atoms with Crippen LogP contribution in [0.3, 0.4) is 0 Å². The summed E-state index contributed by atoms with van der Waals surface area (Å²) in [5.41, 5.74) is -0.505. The molecule has 0 saturated carbocycles. The summed E-state index contributed by atoms with van der Waals surface area (Å²) in [6, 6.07) is 0. The van der Waals surface area contributed by atoms with Gasteiger partial charge in [-0.25, -0.2) is 0 Å². The fourth-order valence-corrected chi connectivity index (χ4v) is 0.453. The van der Waals surface area contributed by atoms with E-state index in [1.165, 1.54) is 0 Å². The smallest absolute Gasteiger partial charge is 0.123 e. The van der Waals surface area contributed by atoms with E-state index in [2.05, 4.69) is 21.6 Å². The number of aromatic amines is 1. The fourth-order valence-electron chi connectivity index (χ4n) is 0.453. The van der Waals surface area contributed by atoms with Crippen molar-refractivity contribution >= 4 is 0 Å². The molecule has 1 rings (SSSR count). The summed E-state index contributed by atoms with van der Waals surface area (Å²) in [6.07, 6.45) is 2.58. The van der Waals surface area contributed by atoms with Crippen molar-refractivity contribution in [2.75, 3.05) is 0 Å². The van der Waals surface area contributed by atoms with Gasteiger partial charge in [0.1, 0.15) is 17.5 Å². The molecule has 4 heteroatoms. The Hall–Kier alpha value is -0.900. The summed E-state index contributed by atoms with van der Waals surface area (Å²) >= 11 is 0. The highest BCUT2D eigenvalue weighted by Crippen LogP contribution is 2.13. The van der Waals surface area contributed by atoms with Gasteiger partial charge in [0, 0.05) is 0 Å². The molecule has 49 valence electrons. The highest BCUT2D eigenvalue weighted by molar-refractivity contribution is 4.99. The number of rotatable bonds is 1. The molecule has 0 aromatic carbocycles. The molecule has 0 amide bonds. The van der Waals surface area contributed by atoms with E-state index < -0.39 is 5.60 Å². The van der Waals surface area contributed by atoms with E-state index in [1.807, 2.05) is 0 Å². The van der Waals surface area contributed by atoms with Gasteiger partial charge in [0.25, 0.3) is 0 Å². The zero-order valence-corrected chi connectivity index (χ0v) is 5.34. The second-order valence-electron chi connectivity index (χ2n) is 2.34. The van der Waals surface area contributed by atoms with Crippen molar-refractivity contribution in [3.05, 3.63) is 11.9 Å². The van der Waals surface area contributed by atoms with Crippen molar-refractivity contribution in [1.29, 1.82) is 0 Å². The van der Waals surface area contributed by atoms with Gasteiger partial charge in [-0.1, -0.05) is 5.21 Å². The average molecular weight is 126 g/mol. The van der Waals surface area contributed by atoms with Crippen LogP contribution in [0.5, 0.6) is 0 Å². The van der Waals surface area contributed by atoms with Gasteiger partial charge in [-0.3, -0.25) is 5.10 Å². The number of aromatic nitrogens is 3. The van der Waals surface area contributed by atoms with Crippen molar-refractivity contribution in [2.45, 2.75) is 19.4 Å².